The molecule has 0 aromatic rings. The predicted octanol–water partition coefficient (Wildman–Crippen LogP) is -1.64. The van der Waals surface area contributed by atoms with Crippen molar-refractivity contribution in [1.82, 2.24) is 15.5 Å². The number of aliphatic hydroxyl groups is 1. The summed E-state index contributed by atoms with van der Waals surface area (Å²) in [6, 6.07) is -4.73. The molecule has 1 rings (SSSR count). The van der Waals surface area contributed by atoms with Crippen molar-refractivity contribution in [2.45, 2.75) is 69.3 Å². The lowest BCUT2D eigenvalue weighted by atomic mass is 10.1. The molecular formula is C19H32N4O8S. The van der Waals surface area contributed by atoms with Crippen molar-refractivity contribution in [3.8, 4) is 0 Å². The molecule has 13 heteroatoms. The van der Waals surface area contributed by atoms with E-state index in [2.05, 4.69) is 10.6 Å². The summed E-state index contributed by atoms with van der Waals surface area (Å²) >= 11 is 1.49. The number of nitrogens with zero attached hydrogens (tertiary/aromatic N) is 1. The number of aliphatic hydroxyl groups excluding tert-OH is 1. The van der Waals surface area contributed by atoms with Crippen LogP contribution in [0.1, 0.15) is 39.0 Å². The summed E-state index contributed by atoms with van der Waals surface area (Å²) in [5, 5.41) is 33.0. The van der Waals surface area contributed by atoms with Gasteiger partial charge in [-0.2, -0.15) is 11.8 Å². The molecule has 0 radical (unpaired) electrons. The van der Waals surface area contributed by atoms with Crippen molar-refractivity contribution < 1.29 is 39.3 Å². The molecule has 7 N–H and O–H groups in total. The van der Waals surface area contributed by atoms with Gasteiger partial charge in [0.15, 0.2) is 0 Å². The molecule has 5 unspecified atom stereocenters. The first-order valence-electron chi connectivity index (χ1n) is 10.3. The van der Waals surface area contributed by atoms with Crippen LogP contribution in [-0.2, 0) is 24.0 Å². The Morgan fingerprint density at radius 1 is 1.12 bits per heavy atom. The molecule has 1 aliphatic rings. The van der Waals surface area contributed by atoms with E-state index in [0.29, 0.717) is 18.6 Å². The normalized spacial score (nSPS) is 19.5. The third-order valence-corrected chi connectivity index (χ3v) is 5.76. The van der Waals surface area contributed by atoms with E-state index in [1.54, 1.807) is 0 Å². The van der Waals surface area contributed by atoms with Gasteiger partial charge in [0.05, 0.1) is 12.1 Å². The van der Waals surface area contributed by atoms with E-state index in [1.165, 1.54) is 18.7 Å². The average Bonchev–Trinajstić information content (AvgIpc) is 3.22. The molecule has 0 saturated carbocycles. The molecule has 1 heterocycles. The Bertz CT molecular complexity index is 705. The Morgan fingerprint density at radius 2 is 1.78 bits per heavy atom. The average molecular weight is 477 g/mol. The first-order chi connectivity index (χ1) is 15.0. The molecule has 1 aliphatic heterocycles. The van der Waals surface area contributed by atoms with E-state index < -0.39 is 66.4 Å². The number of carboxylic acid groups (broad SMARTS) is 2. The second-order valence-corrected chi connectivity index (χ2v) is 8.62. The van der Waals surface area contributed by atoms with E-state index >= 15 is 0 Å². The van der Waals surface area contributed by atoms with Gasteiger partial charge >= 0.3 is 11.9 Å². The van der Waals surface area contributed by atoms with Gasteiger partial charge in [0.1, 0.15) is 18.1 Å². The van der Waals surface area contributed by atoms with Gasteiger partial charge in [-0.25, -0.2) is 4.79 Å². The van der Waals surface area contributed by atoms with Crippen LogP contribution < -0.4 is 16.4 Å². The lowest BCUT2D eigenvalue weighted by Gasteiger charge is -2.29. The molecule has 12 nitrogen and oxygen atoms in total. The van der Waals surface area contributed by atoms with E-state index in [1.807, 2.05) is 6.26 Å². The summed E-state index contributed by atoms with van der Waals surface area (Å²) in [4.78, 5) is 61.5. The van der Waals surface area contributed by atoms with Crippen LogP contribution in [0, 0.1) is 0 Å². The Labute approximate surface area is 190 Å². The highest BCUT2D eigenvalue weighted by atomic mass is 32.2. The maximum absolute atomic E-state index is 12.9. The van der Waals surface area contributed by atoms with E-state index in [-0.39, 0.29) is 19.4 Å². The van der Waals surface area contributed by atoms with Gasteiger partial charge in [-0.1, -0.05) is 0 Å². The first-order valence-corrected chi connectivity index (χ1v) is 11.7. The fourth-order valence-corrected chi connectivity index (χ4v) is 3.81. The van der Waals surface area contributed by atoms with Crippen molar-refractivity contribution in [1.29, 1.82) is 0 Å². The highest BCUT2D eigenvalue weighted by molar-refractivity contribution is 7.98. The quantitative estimate of drug-likeness (QED) is 0.179. The second kappa shape index (κ2) is 13.2. The summed E-state index contributed by atoms with van der Waals surface area (Å²) in [5.41, 5.74) is 5.79. The number of aliphatic carboxylic acids is 2. The topological polar surface area (TPSA) is 199 Å². The Hall–Kier alpha value is -2.38. The number of nitrogens with one attached hydrogen (secondary N) is 2. The largest absolute Gasteiger partial charge is 0.481 e. The summed E-state index contributed by atoms with van der Waals surface area (Å²) in [7, 11) is 0. The van der Waals surface area contributed by atoms with Crippen LogP contribution in [0.3, 0.4) is 0 Å². The number of nitrogens with two attached hydrogens (primary N) is 1. The fraction of sp³-hybridized carbons (Fsp3) is 0.737. The smallest absolute Gasteiger partial charge is 0.326 e. The monoisotopic (exact) mass is 476 g/mol. The van der Waals surface area contributed by atoms with Crippen molar-refractivity contribution in [2.75, 3.05) is 18.6 Å². The first kappa shape index (κ1) is 27.7. The lowest BCUT2D eigenvalue weighted by Crippen LogP contribution is -2.59. The van der Waals surface area contributed by atoms with Crippen LogP contribution in [-0.4, -0.2) is 98.7 Å². The van der Waals surface area contributed by atoms with Gasteiger partial charge in [0, 0.05) is 13.0 Å². The zero-order valence-electron chi connectivity index (χ0n) is 18.2. The van der Waals surface area contributed by atoms with Crippen molar-refractivity contribution in [2.24, 2.45) is 5.73 Å². The Morgan fingerprint density at radius 3 is 2.31 bits per heavy atom. The van der Waals surface area contributed by atoms with E-state index in [0.717, 1.165) is 4.90 Å². The minimum atomic E-state index is -1.43. The minimum absolute atomic E-state index is 0.163. The maximum atomic E-state index is 12.9. The number of likely N-dealkylation sites (tertiary alicyclic amines) is 1. The summed E-state index contributed by atoms with van der Waals surface area (Å²) in [6.45, 7) is 1.43. The molecule has 3 amide bonds. The summed E-state index contributed by atoms with van der Waals surface area (Å²) in [5.74, 6) is -4.05. The molecule has 0 aromatic heterocycles. The van der Waals surface area contributed by atoms with Gasteiger partial charge in [-0.3, -0.25) is 19.2 Å². The number of thioether (sulfide) groups is 1. The van der Waals surface area contributed by atoms with E-state index in [4.69, 9.17) is 10.8 Å². The zero-order valence-corrected chi connectivity index (χ0v) is 19.0. The van der Waals surface area contributed by atoms with Crippen molar-refractivity contribution in [3.05, 3.63) is 0 Å². The zero-order chi connectivity index (χ0) is 24.4. The number of carboxylic acids is 2. The molecule has 0 aliphatic carbocycles. The third kappa shape index (κ3) is 8.28. The minimum Gasteiger partial charge on any atom is -0.481 e. The van der Waals surface area contributed by atoms with Crippen LogP contribution in [0.5, 0.6) is 0 Å². The van der Waals surface area contributed by atoms with Crippen molar-refractivity contribution in [3.63, 3.8) is 0 Å². The third-order valence-electron chi connectivity index (χ3n) is 5.11. The number of rotatable bonds is 13. The van der Waals surface area contributed by atoms with Crippen molar-refractivity contribution >= 4 is 41.4 Å². The molecule has 182 valence electrons. The number of amides is 3. The molecule has 1 saturated heterocycles. The van der Waals surface area contributed by atoms with Gasteiger partial charge < -0.3 is 36.6 Å². The van der Waals surface area contributed by atoms with Gasteiger partial charge in [-0.15, -0.1) is 0 Å². The molecule has 0 spiro atoms. The Kier molecular flexibility index (Phi) is 11.4. The highest BCUT2D eigenvalue weighted by Gasteiger charge is 2.39. The number of carbonyl (C=O) groups excluding carboxylic acids is 3. The fourth-order valence-electron chi connectivity index (χ4n) is 3.32. The van der Waals surface area contributed by atoms with Crippen LogP contribution in [0.25, 0.3) is 0 Å². The summed E-state index contributed by atoms with van der Waals surface area (Å²) in [6.07, 6.45) is 0.848. The van der Waals surface area contributed by atoms with Gasteiger partial charge in [0.2, 0.25) is 17.7 Å². The SMILES string of the molecule is CSCCC(N)C(=O)NC(C(=O)NC(CCC(=O)O)C(=O)N1CCCC1C(=O)O)C(C)O. The standard InChI is InChI=1S/C19H32N4O8S/c1-10(24)15(22-16(27)11(20)7-9-32-2)17(28)21-12(5-6-14(25)26)18(29)23-8-3-4-13(23)19(30)31/h10-13,15,24H,3-9,20H2,1-2H3,(H,21,28)(H,22,27)(H,25,26)(H,30,31). The van der Waals surface area contributed by atoms with Crippen LogP contribution >= 0.6 is 11.8 Å². The molecule has 5 atom stereocenters. The molecule has 32 heavy (non-hydrogen) atoms. The molecule has 0 aromatic carbocycles. The van der Waals surface area contributed by atoms with Gasteiger partial charge in [-0.05, 0) is 44.6 Å². The maximum Gasteiger partial charge on any atom is 0.326 e. The lowest BCUT2D eigenvalue weighted by molar-refractivity contribution is -0.150. The Balaban J connectivity index is 2.96. The highest BCUT2D eigenvalue weighted by Crippen LogP contribution is 2.19. The number of hydrogen-bond acceptors (Lipinski definition) is 8. The molecule has 1 fully saturated rings. The number of carbonyl (C=O) groups is 5. The van der Waals surface area contributed by atoms with Gasteiger partial charge in [0.25, 0.3) is 0 Å². The second-order valence-electron chi connectivity index (χ2n) is 7.64. The van der Waals surface area contributed by atoms with Crippen LogP contribution in [0.4, 0.5) is 0 Å². The molecule has 0 bridgehead atoms. The van der Waals surface area contributed by atoms with Crippen LogP contribution in [0.2, 0.25) is 0 Å². The summed E-state index contributed by atoms with van der Waals surface area (Å²) < 4.78 is 0. The molecular weight excluding hydrogens is 444 g/mol. The number of hydrogen-bond donors (Lipinski definition) is 6. The predicted molar refractivity (Wildman–Crippen MR) is 116 cm³/mol. The van der Waals surface area contributed by atoms with Crippen LogP contribution in [0.15, 0.2) is 0 Å². The van der Waals surface area contributed by atoms with E-state index in [9.17, 15) is 34.2 Å².